The van der Waals surface area contributed by atoms with Gasteiger partial charge in [-0.15, -0.1) is 0 Å². The van der Waals surface area contributed by atoms with Gasteiger partial charge in [0.2, 0.25) is 5.91 Å². The van der Waals surface area contributed by atoms with Crippen LogP contribution in [0.2, 0.25) is 0 Å². The van der Waals surface area contributed by atoms with Crippen LogP contribution in [0.3, 0.4) is 0 Å². The second-order valence-corrected chi connectivity index (χ2v) is 9.26. The number of carbonyl (C=O) groups is 2. The largest absolute Gasteiger partial charge is 0.444 e. The Morgan fingerprint density at radius 1 is 1.19 bits per heavy atom. The normalized spacial score (nSPS) is 11.9. The minimum Gasteiger partial charge on any atom is -0.444 e. The molecule has 1 rings (SSSR count). The van der Waals surface area contributed by atoms with E-state index in [1.165, 1.54) is 6.07 Å². The van der Waals surface area contributed by atoms with Crippen molar-refractivity contribution in [2.24, 2.45) is 0 Å². The van der Waals surface area contributed by atoms with Gasteiger partial charge in [0.25, 0.3) is 0 Å². The highest BCUT2D eigenvalue weighted by Crippen LogP contribution is 2.30. The summed E-state index contributed by atoms with van der Waals surface area (Å²) in [5, 5.41) is 8.37. The summed E-state index contributed by atoms with van der Waals surface area (Å²) in [6.07, 6.45) is -0.666. The fourth-order valence-corrected chi connectivity index (χ4v) is 2.76. The van der Waals surface area contributed by atoms with Crippen LogP contribution in [-0.2, 0) is 9.53 Å². The molecule has 1 aromatic rings. The summed E-state index contributed by atoms with van der Waals surface area (Å²) >= 11 is 3.25. The molecule has 0 unspecified atom stereocenters. The first-order valence-electron chi connectivity index (χ1n) is 8.75. The number of halogens is 2. The van der Waals surface area contributed by atoms with Gasteiger partial charge in [-0.1, -0.05) is 15.9 Å². The highest BCUT2D eigenvalue weighted by atomic mass is 79.9. The molecule has 0 saturated carbocycles. The lowest BCUT2D eigenvalue weighted by Gasteiger charge is -2.28. The maximum Gasteiger partial charge on any atom is 0.408 e. The molecule has 0 fully saturated rings. The molecule has 0 heterocycles. The first-order valence-corrected chi connectivity index (χ1v) is 9.54. The van der Waals surface area contributed by atoms with Crippen LogP contribution in [0, 0.1) is 5.82 Å². The van der Waals surface area contributed by atoms with Crippen LogP contribution in [0.15, 0.2) is 16.6 Å². The van der Waals surface area contributed by atoms with E-state index >= 15 is 0 Å². The van der Waals surface area contributed by atoms with E-state index in [0.29, 0.717) is 10.2 Å². The average molecular weight is 446 g/mol. The summed E-state index contributed by atoms with van der Waals surface area (Å²) < 4.78 is 20.2. The summed E-state index contributed by atoms with van der Waals surface area (Å²) in [5.41, 5.74) is -0.960. The molecule has 3 N–H and O–H groups in total. The van der Waals surface area contributed by atoms with Gasteiger partial charge < -0.3 is 20.7 Å². The highest BCUT2D eigenvalue weighted by Gasteiger charge is 2.28. The van der Waals surface area contributed by atoms with Crippen molar-refractivity contribution >= 4 is 39.3 Å². The third-order valence-electron chi connectivity index (χ3n) is 3.21. The van der Waals surface area contributed by atoms with E-state index in [1.807, 2.05) is 13.8 Å². The summed E-state index contributed by atoms with van der Waals surface area (Å²) in [5.74, 6) is -0.983. The second-order valence-electron chi connectivity index (χ2n) is 8.34. The Morgan fingerprint density at radius 2 is 1.78 bits per heavy atom. The predicted molar refractivity (Wildman–Crippen MR) is 110 cm³/mol. The lowest BCUT2D eigenvalue weighted by Crippen LogP contribution is -2.47. The molecule has 0 aromatic heterocycles. The van der Waals surface area contributed by atoms with Crippen molar-refractivity contribution in [2.75, 3.05) is 10.6 Å². The van der Waals surface area contributed by atoms with E-state index in [0.717, 1.165) is 0 Å². The van der Waals surface area contributed by atoms with E-state index in [2.05, 4.69) is 31.9 Å². The van der Waals surface area contributed by atoms with Crippen LogP contribution in [0.4, 0.5) is 20.6 Å². The number of benzene rings is 1. The standard InChI is InChI=1S/C19H29BrFN3O3/c1-11(2)22-14-9-12(20)8-13(21)16(14)23-15(25)10-19(6,7)24-17(26)27-18(3,4)5/h8-9,11,22H,10H2,1-7H3,(H,23,25)(H,24,26). The topological polar surface area (TPSA) is 79.5 Å². The molecule has 6 nitrogen and oxygen atoms in total. The van der Waals surface area contributed by atoms with Gasteiger partial charge in [-0.3, -0.25) is 4.79 Å². The second kappa shape index (κ2) is 8.91. The van der Waals surface area contributed by atoms with Gasteiger partial charge in [0.1, 0.15) is 17.1 Å². The number of anilines is 2. The monoisotopic (exact) mass is 445 g/mol. The van der Waals surface area contributed by atoms with Gasteiger partial charge in [0.05, 0.1) is 5.69 Å². The molecular formula is C19H29BrFN3O3. The van der Waals surface area contributed by atoms with Crippen LogP contribution in [0.5, 0.6) is 0 Å². The van der Waals surface area contributed by atoms with Crippen molar-refractivity contribution in [3.63, 3.8) is 0 Å². The SMILES string of the molecule is CC(C)Nc1cc(Br)cc(F)c1NC(=O)CC(C)(C)NC(=O)OC(C)(C)C. The molecule has 2 amide bonds. The molecule has 0 atom stereocenters. The molecule has 27 heavy (non-hydrogen) atoms. The molecular weight excluding hydrogens is 417 g/mol. The molecule has 0 radical (unpaired) electrons. The Bertz CT molecular complexity index is 700. The first kappa shape index (κ1) is 23.2. The molecule has 0 aliphatic rings. The van der Waals surface area contributed by atoms with Crippen LogP contribution >= 0.6 is 15.9 Å². The molecule has 8 heteroatoms. The maximum absolute atomic E-state index is 14.4. The lowest BCUT2D eigenvalue weighted by molar-refractivity contribution is -0.117. The number of alkyl carbamates (subject to hydrolysis) is 1. The number of nitrogens with one attached hydrogen (secondary N) is 3. The van der Waals surface area contributed by atoms with E-state index in [4.69, 9.17) is 4.74 Å². The molecule has 0 spiro atoms. The summed E-state index contributed by atoms with van der Waals surface area (Å²) in [6, 6.07) is 3.04. The summed E-state index contributed by atoms with van der Waals surface area (Å²) in [7, 11) is 0. The van der Waals surface area contributed by atoms with E-state index in [-0.39, 0.29) is 18.2 Å². The van der Waals surface area contributed by atoms with Crippen molar-refractivity contribution in [3.8, 4) is 0 Å². The van der Waals surface area contributed by atoms with Crippen LogP contribution in [-0.4, -0.2) is 29.2 Å². The van der Waals surface area contributed by atoms with Crippen molar-refractivity contribution in [1.82, 2.24) is 5.32 Å². The summed E-state index contributed by atoms with van der Waals surface area (Å²) in [4.78, 5) is 24.4. The number of amides is 2. The number of hydrogen-bond donors (Lipinski definition) is 3. The van der Waals surface area contributed by atoms with Crippen LogP contribution in [0.25, 0.3) is 0 Å². The Hall–Kier alpha value is -1.83. The zero-order valence-electron chi connectivity index (χ0n) is 16.9. The lowest BCUT2D eigenvalue weighted by atomic mass is 10.0. The molecule has 0 saturated heterocycles. The van der Waals surface area contributed by atoms with Gasteiger partial charge in [0, 0.05) is 22.5 Å². The zero-order valence-corrected chi connectivity index (χ0v) is 18.5. The Kier molecular flexibility index (Phi) is 7.66. The zero-order chi connectivity index (χ0) is 21.0. The number of hydrogen-bond acceptors (Lipinski definition) is 4. The number of carbonyl (C=O) groups excluding carboxylic acids is 2. The van der Waals surface area contributed by atoms with Gasteiger partial charge in [-0.05, 0) is 60.6 Å². The number of ether oxygens (including phenoxy) is 1. The summed E-state index contributed by atoms with van der Waals surface area (Å²) in [6.45, 7) is 12.5. The predicted octanol–water partition coefficient (Wildman–Crippen LogP) is 5.04. The highest BCUT2D eigenvalue weighted by molar-refractivity contribution is 9.10. The van der Waals surface area contributed by atoms with E-state index < -0.39 is 29.0 Å². The first-order chi connectivity index (χ1) is 12.2. The molecule has 0 bridgehead atoms. The average Bonchev–Trinajstić information content (AvgIpc) is 2.38. The third kappa shape index (κ3) is 8.60. The molecule has 152 valence electrons. The van der Waals surface area contributed by atoms with Gasteiger partial charge in [-0.2, -0.15) is 0 Å². The van der Waals surface area contributed by atoms with Crippen LogP contribution in [0.1, 0.15) is 54.9 Å². The number of rotatable bonds is 6. The van der Waals surface area contributed by atoms with Crippen molar-refractivity contribution in [1.29, 1.82) is 0 Å². The molecule has 0 aliphatic carbocycles. The third-order valence-corrected chi connectivity index (χ3v) is 3.66. The minimum absolute atomic E-state index is 0.0527. The van der Waals surface area contributed by atoms with E-state index in [9.17, 15) is 14.0 Å². The van der Waals surface area contributed by atoms with Gasteiger partial charge in [-0.25, -0.2) is 9.18 Å². The molecule has 1 aromatic carbocycles. The Balaban J connectivity index is 2.86. The van der Waals surface area contributed by atoms with Gasteiger partial charge >= 0.3 is 6.09 Å². The van der Waals surface area contributed by atoms with E-state index in [1.54, 1.807) is 40.7 Å². The Labute approximate surface area is 168 Å². The fourth-order valence-electron chi connectivity index (χ4n) is 2.33. The maximum atomic E-state index is 14.4. The van der Waals surface area contributed by atoms with Crippen molar-refractivity contribution in [2.45, 2.75) is 72.1 Å². The van der Waals surface area contributed by atoms with Crippen molar-refractivity contribution in [3.05, 3.63) is 22.4 Å². The van der Waals surface area contributed by atoms with Gasteiger partial charge in [0.15, 0.2) is 0 Å². The van der Waals surface area contributed by atoms with Crippen molar-refractivity contribution < 1.29 is 18.7 Å². The smallest absolute Gasteiger partial charge is 0.408 e. The minimum atomic E-state index is -0.871. The fraction of sp³-hybridized carbons (Fsp3) is 0.579. The molecule has 0 aliphatic heterocycles. The quantitative estimate of drug-likeness (QED) is 0.572. The van der Waals surface area contributed by atoms with Crippen LogP contribution < -0.4 is 16.0 Å². The Morgan fingerprint density at radius 3 is 2.30 bits per heavy atom.